The van der Waals surface area contributed by atoms with E-state index in [1.807, 2.05) is 25.3 Å². The first-order valence-corrected chi connectivity index (χ1v) is 4.03. The van der Waals surface area contributed by atoms with E-state index in [1.54, 1.807) is 4.52 Å². The molecule has 0 aliphatic rings. The fourth-order valence-electron chi connectivity index (χ4n) is 0.969. The van der Waals surface area contributed by atoms with E-state index in [1.165, 1.54) is 0 Å². The van der Waals surface area contributed by atoms with Crippen molar-refractivity contribution in [1.82, 2.24) is 14.6 Å². The summed E-state index contributed by atoms with van der Waals surface area (Å²) in [7, 11) is 0. The molecule has 0 fully saturated rings. The zero-order valence-electron chi connectivity index (χ0n) is 5.95. The molecular weight excluding hydrogens is 206 g/mol. The number of hydrogen-bond acceptors (Lipinski definition) is 2. The number of aryl methyl sites for hydroxylation is 1. The van der Waals surface area contributed by atoms with Crippen LogP contribution in [0.4, 0.5) is 0 Å². The lowest BCUT2D eigenvalue weighted by atomic mass is 10.5. The Bertz CT molecular complexity index is 393. The van der Waals surface area contributed by atoms with Gasteiger partial charge in [-0.25, -0.2) is 9.50 Å². The largest absolute Gasteiger partial charge is 0.220 e. The van der Waals surface area contributed by atoms with E-state index < -0.39 is 0 Å². The molecule has 2 aromatic heterocycles. The average Bonchev–Trinajstić information content (AvgIpc) is 2.27. The molecule has 0 spiro atoms. The Balaban J connectivity index is 2.82. The molecule has 0 radical (unpaired) electrons. The van der Waals surface area contributed by atoms with E-state index in [0.29, 0.717) is 0 Å². The van der Waals surface area contributed by atoms with Gasteiger partial charge in [0.25, 0.3) is 0 Å². The Morgan fingerprint density at radius 2 is 2.27 bits per heavy atom. The van der Waals surface area contributed by atoms with Crippen LogP contribution in [0, 0.1) is 6.92 Å². The van der Waals surface area contributed by atoms with Crippen LogP contribution in [0.5, 0.6) is 0 Å². The van der Waals surface area contributed by atoms with Crippen molar-refractivity contribution in [2.45, 2.75) is 6.92 Å². The van der Waals surface area contributed by atoms with Gasteiger partial charge in [-0.15, -0.1) is 0 Å². The van der Waals surface area contributed by atoms with E-state index in [4.69, 9.17) is 0 Å². The van der Waals surface area contributed by atoms with Gasteiger partial charge in [0.2, 0.25) is 0 Å². The number of pyridine rings is 1. The van der Waals surface area contributed by atoms with E-state index in [2.05, 4.69) is 26.0 Å². The summed E-state index contributed by atoms with van der Waals surface area (Å²) in [5, 5.41) is 4.15. The van der Waals surface area contributed by atoms with Gasteiger partial charge in [0.05, 0.1) is 0 Å². The van der Waals surface area contributed by atoms with Gasteiger partial charge in [0, 0.05) is 10.7 Å². The summed E-state index contributed by atoms with van der Waals surface area (Å²) in [5.41, 5.74) is 0.880. The van der Waals surface area contributed by atoms with Crippen LogP contribution in [0.3, 0.4) is 0 Å². The smallest absolute Gasteiger partial charge is 0.155 e. The van der Waals surface area contributed by atoms with E-state index in [0.717, 1.165) is 15.9 Å². The summed E-state index contributed by atoms with van der Waals surface area (Å²) >= 11 is 3.35. The molecule has 0 atom stereocenters. The first kappa shape index (κ1) is 6.79. The van der Waals surface area contributed by atoms with Crippen LogP contribution in [0.15, 0.2) is 22.8 Å². The summed E-state index contributed by atoms with van der Waals surface area (Å²) < 4.78 is 2.76. The maximum Gasteiger partial charge on any atom is 0.155 e. The maximum atomic E-state index is 4.19. The predicted octanol–water partition coefficient (Wildman–Crippen LogP) is 1.80. The molecule has 2 rings (SSSR count). The van der Waals surface area contributed by atoms with Crippen molar-refractivity contribution in [2.75, 3.05) is 0 Å². The third kappa shape index (κ3) is 1.14. The van der Waals surface area contributed by atoms with E-state index >= 15 is 0 Å². The second kappa shape index (κ2) is 2.30. The van der Waals surface area contributed by atoms with Gasteiger partial charge in [-0.05, 0) is 35.0 Å². The quantitative estimate of drug-likeness (QED) is 0.666. The topological polar surface area (TPSA) is 30.2 Å². The Kier molecular flexibility index (Phi) is 1.42. The SMILES string of the molecule is Cc1nc2ccc(Br)cn2n1. The van der Waals surface area contributed by atoms with Crippen LogP contribution in [-0.4, -0.2) is 14.6 Å². The van der Waals surface area contributed by atoms with Gasteiger partial charge >= 0.3 is 0 Å². The monoisotopic (exact) mass is 211 g/mol. The number of fused-ring (bicyclic) bond motifs is 1. The van der Waals surface area contributed by atoms with Gasteiger partial charge in [-0.2, -0.15) is 5.10 Å². The third-order valence-electron chi connectivity index (χ3n) is 1.40. The Morgan fingerprint density at radius 1 is 1.45 bits per heavy atom. The minimum Gasteiger partial charge on any atom is -0.220 e. The summed E-state index contributed by atoms with van der Waals surface area (Å²) in [4.78, 5) is 4.19. The van der Waals surface area contributed by atoms with E-state index in [-0.39, 0.29) is 0 Å². The zero-order valence-corrected chi connectivity index (χ0v) is 7.54. The molecule has 2 heterocycles. The minimum atomic E-state index is 0.795. The first-order valence-electron chi connectivity index (χ1n) is 3.24. The molecule has 4 heteroatoms. The molecule has 11 heavy (non-hydrogen) atoms. The first-order chi connectivity index (χ1) is 5.25. The predicted molar refractivity (Wildman–Crippen MR) is 45.4 cm³/mol. The third-order valence-corrected chi connectivity index (χ3v) is 1.87. The molecule has 0 saturated heterocycles. The number of nitrogens with zero attached hydrogens (tertiary/aromatic N) is 3. The average molecular weight is 212 g/mol. The van der Waals surface area contributed by atoms with Crippen LogP contribution >= 0.6 is 15.9 Å². The van der Waals surface area contributed by atoms with Crippen molar-refractivity contribution in [3.63, 3.8) is 0 Å². The summed E-state index contributed by atoms with van der Waals surface area (Å²) in [6.07, 6.45) is 1.88. The fourth-order valence-corrected chi connectivity index (χ4v) is 1.30. The molecule has 0 bridgehead atoms. The zero-order chi connectivity index (χ0) is 7.84. The summed E-state index contributed by atoms with van der Waals surface area (Å²) in [6.45, 7) is 1.88. The Morgan fingerprint density at radius 3 is 3.09 bits per heavy atom. The molecule has 3 nitrogen and oxygen atoms in total. The molecule has 0 aliphatic heterocycles. The van der Waals surface area contributed by atoms with Gasteiger partial charge in [0.1, 0.15) is 5.82 Å². The van der Waals surface area contributed by atoms with Crippen LogP contribution < -0.4 is 0 Å². The molecule has 0 unspecified atom stereocenters. The van der Waals surface area contributed by atoms with Crippen molar-refractivity contribution in [2.24, 2.45) is 0 Å². The van der Waals surface area contributed by atoms with Gasteiger partial charge < -0.3 is 0 Å². The van der Waals surface area contributed by atoms with Crippen molar-refractivity contribution in [3.05, 3.63) is 28.6 Å². The number of rotatable bonds is 0. The Labute approximate surface area is 72.2 Å². The van der Waals surface area contributed by atoms with Gasteiger partial charge in [-0.1, -0.05) is 0 Å². The molecule has 0 aliphatic carbocycles. The van der Waals surface area contributed by atoms with Gasteiger partial charge in [0.15, 0.2) is 5.65 Å². The van der Waals surface area contributed by atoms with Gasteiger partial charge in [-0.3, -0.25) is 0 Å². The second-order valence-corrected chi connectivity index (χ2v) is 3.22. The number of hydrogen-bond donors (Lipinski definition) is 0. The van der Waals surface area contributed by atoms with Crippen molar-refractivity contribution in [3.8, 4) is 0 Å². The molecule has 0 amide bonds. The highest BCUT2D eigenvalue weighted by molar-refractivity contribution is 9.10. The maximum absolute atomic E-state index is 4.19. The lowest BCUT2D eigenvalue weighted by Crippen LogP contribution is -1.85. The Hall–Kier alpha value is -0.900. The van der Waals surface area contributed by atoms with Crippen molar-refractivity contribution < 1.29 is 0 Å². The van der Waals surface area contributed by atoms with Crippen LogP contribution in [-0.2, 0) is 0 Å². The minimum absolute atomic E-state index is 0.795. The lowest BCUT2D eigenvalue weighted by molar-refractivity contribution is 0.927. The van der Waals surface area contributed by atoms with Crippen molar-refractivity contribution >= 4 is 21.6 Å². The molecule has 2 aromatic rings. The molecule has 0 saturated carbocycles. The molecule has 0 aromatic carbocycles. The highest BCUT2D eigenvalue weighted by atomic mass is 79.9. The van der Waals surface area contributed by atoms with E-state index in [9.17, 15) is 0 Å². The summed E-state index contributed by atoms with van der Waals surface area (Å²) in [6, 6.07) is 3.87. The molecule has 56 valence electrons. The van der Waals surface area contributed by atoms with Crippen LogP contribution in [0.1, 0.15) is 5.82 Å². The molecular formula is C7H6BrN3. The van der Waals surface area contributed by atoms with Crippen LogP contribution in [0.2, 0.25) is 0 Å². The summed E-state index contributed by atoms with van der Waals surface area (Å²) in [5.74, 6) is 0.795. The number of aromatic nitrogens is 3. The highest BCUT2D eigenvalue weighted by Crippen LogP contribution is 2.09. The normalized spacial score (nSPS) is 10.7. The number of halogens is 1. The van der Waals surface area contributed by atoms with Crippen molar-refractivity contribution in [1.29, 1.82) is 0 Å². The molecule has 0 N–H and O–H groups in total. The highest BCUT2D eigenvalue weighted by Gasteiger charge is 1.97. The lowest BCUT2D eigenvalue weighted by Gasteiger charge is -1.89. The van der Waals surface area contributed by atoms with Crippen LogP contribution in [0.25, 0.3) is 5.65 Å². The second-order valence-electron chi connectivity index (χ2n) is 2.31. The standard InChI is InChI=1S/C7H6BrN3/c1-5-9-7-3-2-6(8)4-11(7)10-5/h2-4H,1H3. The fraction of sp³-hybridized carbons (Fsp3) is 0.143.